The number of thioether (sulfide) groups is 1. The first-order valence-corrected chi connectivity index (χ1v) is 8.09. The van der Waals surface area contributed by atoms with Crippen LogP contribution in [0.1, 0.15) is 18.4 Å². The number of carbonyl (C=O) groups is 1. The Hall–Kier alpha value is -0.710. The summed E-state index contributed by atoms with van der Waals surface area (Å²) in [6, 6.07) is 8.07. The Morgan fingerprint density at radius 3 is 3.16 bits per heavy atom. The van der Waals surface area contributed by atoms with Gasteiger partial charge in [0.2, 0.25) is 5.91 Å². The molecule has 0 radical (unpaired) electrons. The average molecular weight is 299 g/mol. The first kappa shape index (κ1) is 14.7. The van der Waals surface area contributed by atoms with Crippen LogP contribution in [0.25, 0.3) is 0 Å². The van der Waals surface area contributed by atoms with Crippen LogP contribution in [0.15, 0.2) is 24.3 Å². The molecule has 1 fully saturated rings. The van der Waals surface area contributed by atoms with Crippen LogP contribution < -0.4 is 10.6 Å². The van der Waals surface area contributed by atoms with E-state index in [-0.39, 0.29) is 5.91 Å². The number of nitrogens with one attached hydrogen (secondary N) is 2. The van der Waals surface area contributed by atoms with E-state index in [1.807, 2.05) is 24.3 Å². The summed E-state index contributed by atoms with van der Waals surface area (Å²) < 4.78 is 0. The molecule has 19 heavy (non-hydrogen) atoms. The van der Waals surface area contributed by atoms with E-state index in [9.17, 15) is 4.79 Å². The summed E-state index contributed by atoms with van der Waals surface area (Å²) in [6.45, 7) is 1.96. The van der Waals surface area contributed by atoms with E-state index in [0.717, 1.165) is 42.3 Å². The molecule has 1 saturated heterocycles. The predicted molar refractivity (Wildman–Crippen MR) is 81.6 cm³/mol. The van der Waals surface area contributed by atoms with Gasteiger partial charge in [-0.1, -0.05) is 23.7 Å². The van der Waals surface area contributed by atoms with Crippen molar-refractivity contribution in [1.82, 2.24) is 10.6 Å². The number of amides is 1. The predicted octanol–water partition coefficient (Wildman–Crippen LogP) is 2.44. The van der Waals surface area contributed by atoms with Crippen LogP contribution in [0.2, 0.25) is 5.02 Å². The SMILES string of the molecule is O=C(CSCc1cccc(Cl)c1)NC1CCCNC1. The molecular weight excluding hydrogens is 280 g/mol. The van der Waals surface area contributed by atoms with Crippen LogP contribution in [0, 0.1) is 0 Å². The Balaban J connectivity index is 1.66. The van der Waals surface area contributed by atoms with Gasteiger partial charge in [-0.2, -0.15) is 0 Å². The van der Waals surface area contributed by atoms with Crippen LogP contribution in [0.4, 0.5) is 0 Å². The summed E-state index contributed by atoms with van der Waals surface area (Å²) in [5.74, 6) is 1.45. The fourth-order valence-corrected chi connectivity index (χ4v) is 3.13. The molecule has 1 aromatic rings. The molecule has 5 heteroatoms. The van der Waals surface area contributed by atoms with Gasteiger partial charge in [-0.05, 0) is 37.1 Å². The topological polar surface area (TPSA) is 41.1 Å². The number of hydrogen-bond donors (Lipinski definition) is 2. The van der Waals surface area contributed by atoms with Crippen molar-refractivity contribution in [1.29, 1.82) is 0 Å². The lowest BCUT2D eigenvalue weighted by Crippen LogP contribution is -2.46. The molecular formula is C14H19ClN2OS. The van der Waals surface area contributed by atoms with Gasteiger partial charge in [0.25, 0.3) is 0 Å². The molecule has 2 N–H and O–H groups in total. The molecule has 1 aromatic carbocycles. The largest absolute Gasteiger partial charge is 0.351 e. The van der Waals surface area contributed by atoms with Crippen molar-refractivity contribution in [3.05, 3.63) is 34.9 Å². The minimum atomic E-state index is 0.126. The van der Waals surface area contributed by atoms with Crippen molar-refractivity contribution in [3.8, 4) is 0 Å². The molecule has 0 saturated carbocycles. The molecule has 0 spiro atoms. The second kappa shape index (κ2) is 7.78. The van der Waals surface area contributed by atoms with Gasteiger partial charge in [-0.3, -0.25) is 4.79 Å². The summed E-state index contributed by atoms with van der Waals surface area (Å²) in [5.41, 5.74) is 1.16. The molecule has 1 aliphatic heterocycles. The van der Waals surface area contributed by atoms with Crippen molar-refractivity contribution in [2.75, 3.05) is 18.8 Å². The van der Waals surface area contributed by atoms with Gasteiger partial charge in [0.05, 0.1) is 5.75 Å². The van der Waals surface area contributed by atoms with Crippen LogP contribution in [0.3, 0.4) is 0 Å². The number of rotatable bonds is 5. The van der Waals surface area contributed by atoms with Gasteiger partial charge in [0.15, 0.2) is 0 Å². The van der Waals surface area contributed by atoms with Gasteiger partial charge >= 0.3 is 0 Å². The van der Waals surface area contributed by atoms with E-state index in [1.165, 1.54) is 0 Å². The maximum atomic E-state index is 11.8. The lowest BCUT2D eigenvalue weighted by atomic mass is 10.1. The highest BCUT2D eigenvalue weighted by Gasteiger charge is 2.14. The number of halogens is 1. The van der Waals surface area contributed by atoms with E-state index in [2.05, 4.69) is 10.6 Å². The molecule has 2 rings (SSSR count). The third-order valence-corrected chi connectivity index (χ3v) is 4.29. The highest BCUT2D eigenvalue weighted by molar-refractivity contribution is 7.99. The van der Waals surface area contributed by atoms with Gasteiger partial charge in [0.1, 0.15) is 0 Å². The van der Waals surface area contributed by atoms with E-state index < -0.39 is 0 Å². The summed E-state index contributed by atoms with van der Waals surface area (Å²) in [5, 5.41) is 7.11. The lowest BCUT2D eigenvalue weighted by Gasteiger charge is -2.23. The summed E-state index contributed by atoms with van der Waals surface area (Å²) >= 11 is 7.54. The number of hydrogen-bond acceptors (Lipinski definition) is 3. The van der Waals surface area contributed by atoms with Gasteiger partial charge in [-0.15, -0.1) is 11.8 Å². The van der Waals surface area contributed by atoms with Crippen LogP contribution >= 0.6 is 23.4 Å². The molecule has 104 valence electrons. The first-order chi connectivity index (χ1) is 9.24. The molecule has 0 aromatic heterocycles. The molecule has 1 amide bonds. The van der Waals surface area contributed by atoms with Crippen molar-refractivity contribution in [2.45, 2.75) is 24.6 Å². The monoisotopic (exact) mass is 298 g/mol. The highest BCUT2D eigenvalue weighted by atomic mass is 35.5. The fourth-order valence-electron chi connectivity index (χ4n) is 2.13. The number of carbonyl (C=O) groups excluding carboxylic acids is 1. The highest BCUT2D eigenvalue weighted by Crippen LogP contribution is 2.16. The second-order valence-corrected chi connectivity index (χ2v) is 6.16. The Morgan fingerprint density at radius 2 is 2.42 bits per heavy atom. The number of piperidine rings is 1. The van der Waals surface area contributed by atoms with Gasteiger partial charge < -0.3 is 10.6 Å². The molecule has 0 aliphatic carbocycles. The first-order valence-electron chi connectivity index (χ1n) is 6.56. The van der Waals surface area contributed by atoms with E-state index in [4.69, 9.17) is 11.6 Å². The van der Waals surface area contributed by atoms with Crippen molar-refractivity contribution in [2.24, 2.45) is 0 Å². The zero-order valence-corrected chi connectivity index (χ0v) is 12.4. The Kier molecular flexibility index (Phi) is 6.01. The molecule has 1 unspecified atom stereocenters. The normalized spacial score (nSPS) is 19.1. The van der Waals surface area contributed by atoms with Crippen LogP contribution in [0.5, 0.6) is 0 Å². The lowest BCUT2D eigenvalue weighted by molar-refractivity contribution is -0.119. The smallest absolute Gasteiger partial charge is 0.230 e. The van der Waals surface area contributed by atoms with Crippen LogP contribution in [-0.2, 0) is 10.5 Å². The third-order valence-electron chi connectivity index (χ3n) is 3.05. The molecule has 3 nitrogen and oxygen atoms in total. The zero-order valence-electron chi connectivity index (χ0n) is 10.8. The standard InChI is InChI=1S/C14H19ClN2OS/c15-12-4-1-3-11(7-12)9-19-10-14(18)17-13-5-2-6-16-8-13/h1,3-4,7,13,16H,2,5-6,8-10H2,(H,17,18). The van der Waals surface area contributed by atoms with Crippen molar-refractivity contribution >= 4 is 29.3 Å². The fraction of sp³-hybridized carbons (Fsp3) is 0.500. The van der Waals surface area contributed by atoms with Gasteiger partial charge in [0, 0.05) is 23.4 Å². The maximum Gasteiger partial charge on any atom is 0.230 e. The molecule has 1 aliphatic rings. The molecule has 1 heterocycles. The van der Waals surface area contributed by atoms with E-state index in [1.54, 1.807) is 11.8 Å². The maximum absolute atomic E-state index is 11.8. The Labute approximate surface area is 123 Å². The van der Waals surface area contributed by atoms with Gasteiger partial charge in [-0.25, -0.2) is 0 Å². The summed E-state index contributed by atoms with van der Waals surface area (Å²) in [7, 11) is 0. The quantitative estimate of drug-likeness (QED) is 0.877. The van der Waals surface area contributed by atoms with Crippen molar-refractivity contribution < 1.29 is 4.79 Å². The second-order valence-electron chi connectivity index (χ2n) is 4.73. The Morgan fingerprint density at radius 1 is 1.53 bits per heavy atom. The van der Waals surface area contributed by atoms with Crippen molar-refractivity contribution in [3.63, 3.8) is 0 Å². The Bertz CT molecular complexity index is 422. The van der Waals surface area contributed by atoms with E-state index in [0.29, 0.717) is 11.8 Å². The minimum absolute atomic E-state index is 0.126. The molecule has 1 atom stereocenters. The zero-order chi connectivity index (χ0) is 13.5. The molecule has 0 bridgehead atoms. The average Bonchev–Trinajstić information content (AvgIpc) is 2.40. The number of benzene rings is 1. The van der Waals surface area contributed by atoms with E-state index >= 15 is 0 Å². The summed E-state index contributed by atoms with van der Waals surface area (Å²) in [6.07, 6.45) is 2.22. The van der Waals surface area contributed by atoms with Crippen LogP contribution in [-0.4, -0.2) is 30.8 Å². The third kappa shape index (κ3) is 5.43. The minimum Gasteiger partial charge on any atom is -0.351 e. The summed E-state index contributed by atoms with van der Waals surface area (Å²) in [4.78, 5) is 11.8.